The summed E-state index contributed by atoms with van der Waals surface area (Å²) >= 11 is 0. The maximum Gasteiger partial charge on any atom is 0.158 e. The molecule has 0 saturated carbocycles. The van der Waals surface area contributed by atoms with Crippen molar-refractivity contribution in [3.63, 3.8) is 0 Å². The molecule has 0 saturated heterocycles. The van der Waals surface area contributed by atoms with Crippen LogP contribution in [0.2, 0.25) is 0 Å². The van der Waals surface area contributed by atoms with Crippen LogP contribution in [-0.2, 0) is 0 Å². The van der Waals surface area contributed by atoms with E-state index in [1.165, 1.54) is 0 Å². The molecular formula is C11H7N2. The Labute approximate surface area is 77.4 Å². The Bertz CT molecular complexity index is 365. The highest BCUT2D eigenvalue weighted by atomic mass is 14.3. The van der Waals surface area contributed by atoms with Gasteiger partial charge < -0.3 is 0 Å². The lowest BCUT2D eigenvalue weighted by atomic mass is 9.96. The topological polar surface area (TPSA) is 47.6 Å². The lowest BCUT2D eigenvalue weighted by molar-refractivity contribution is 1.11. The highest BCUT2D eigenvalue weighted by Gasteiger charge is 2.11. The van der Waals surface area contributed by atoms with Crippen molar-refractivity contribution in [3.8, 4) is 12.1 Å². The molecule has 0 fully saturated rings. The molecule has 2 nitrogen and oxygen atoms in total. The molecule has 0 unspecified atom stereocenters. The average molecular weight is 167 g/mol. The minimum Gasteiger partial charge on any atom is -0.196 e. The predicted molar refractivity (Wildman–Crippen MR) is 48.9 cm³/mol. The molecule has 1 radical (unpaired) electrons. The fourth-order valence-corrected chi connectivity index (χ4v) is 0.965. The second-order valence-corrected chi connectivity index (χ2v) is 2.51. The van der Waals surface area contributed by atoms with E-state index in [1.54, 1.807) is 12.1 Å². The van der Waals surface area contributed by atoms with Gasteiger partial charge in [0.1, 0.15) is 0 Å². The van der Waals surface area contributed by atoms with Gasteiger partial charge in [0.15, 0.2) is 5.92 Å². The largest absolute Gasteiger partial charge is 0.196 e. The lowest BCUT2D eigenvalue weighted by Crippen LogP contribution is -1.95. The molecule has 1 rings (SSSR count). The van der Waals surface area contributed by atoms with Crippen LogP contribution in [0.1, 0.15) is 5.56 Å². The molecule has 0 atom stereocenters. The molecule has 0 heterocycles. The summed E-state index contributed by atoms with van der Waals surface area (Å²) < 4.78 is 0. The average Bonchev–Trinajstić information content (AvgIpc) is 2.21. The van der Waals surface area contributed by atoms with Crippen molar-refractivity contribution in [1.29, 1.82) is 10.5 Å². The maximum absolute atomic E-state index is 8.58. The van der Waals surface area contributed by atoms with Gasteiger partial charge in [0.2, 0.25) is 0 Å². The van der Waals surface area contributed by atoms with Gasteiger partial charge in [0.05, 0.1) is 12.1 Å². The van der Waals surface area contributed by atoms with Gasteiger partial charge in [-0.2, -0.15) is 10.5 Å². The molecular weight excluding hydrogens is 160 g/mol. The van der Waals surface area contributed by atoms with E-state index in [0.29, 0.717) is 5.57 Å². The number of hydrogen-bond acceptors (Lipinski definition) is 2. The van der Waals surface area contributed by atoms with E-state index in [1.807, 2.05) is 30.3 Å². The Kier molecular flexibility index (Phi) is 2.84. The van der Waals surface area contributed by atoms with E-state index in [9.17, 15) is 0 Å². The summed E-state index contributed by atoms with van der Waals surface area (Å²) in [6.45, 7) is 5.63. The molecule has 0 aliphatic carbocycles. The molecule has 61 valence electrons. The van der Waals surface area contributed by atoms with Crippen molar-refractivity contribution in [1.82, 2.24) is 0 Å². The van der Waals surface area contributed by atoms with E-state index < -0.39 is 5.92 Å². The summed E-state index contributed by atoms with van der Waals surface area (Å²) in [6, 6.07) is 12.7. The van der Waals surface area contributed by atoms with E-state index in [2.05, 4.69) is 0 Å². The summed E-state index contributed by atoms with van der Waals surface area (Å²) in [7, 11) is 0. The van der Waals surface area contributed by atoms with E-state index in [4.69, 9.17) is 17.1 Å². The van der Waals surface area contributed by atoms with Crippen molar-refractivity contribution in [3.05, 3.63) is 42.5 Å². The van der Waals surface area contributed by atoms with Crippen LogP contribution < -0.4 is 0 Å². The molecule has 0 spiro atoms. The van der Waals surface area contributed by atoms with Gasteiger partial charge in [-0.25, -0.2) is 0 Å². The number of nitrogens with zero attached hydrogens (tertiary/aromatic N) is 2. The monoisotopic (exact) mass is 167 g/mol. The third kappa shape index (κ3) is 1.95. The summed E-state index contributed by atoms with van der Waals surface area (Å²) in [5.41, 5.74) is 1.04. The van der Waals surface area contributed by atoms with Gasteiger partial charge in [-0.15, -0.1) is 0 Å². The summed E-state index contributed by atoms with van der Waals surface area (Å²) in [5.74, 6) is -0.859. The maximum atomic E-state index is 8.58. The summed E-state index contributed by atoms with van der Waals surface area (Å²) in [4.78, 5) is 0. The first kappa shape index (κ1) is 9.03. The van der Waals surface area contributed by atoms with Gasteiger partial charge in [-0.3, -0.25) is 0 Å². The molecule has 2 heteroatoms. The SMILES string of the molecule is [CH]=C(c1ccccc1)C(C#N)C#N. The smallest absolute Gasteiger partial charge is 0.158 e. The Balaban J connectivity index is 2.95. The molecule has 0 bridgehead atoms. The molecule has 0 amide bonds. The number of allylic oxidation sites excluding steroid dienone is 1. The zero-order valence-corrected chi connectivity index (χ0v) is 6.94. The van der Waals surface area contributed by atoms with Crippen LogP contribution >= 0.6 is 0 Å². The normalized spacial score (nSPS) is 8.85. The second-order valence-electron chi connectivity index (χ2n) is 2.51. The van der Waals surface area contributed by atoms with Gasteiger partial charge in [0.25, 0.3) is 0 Å². The first-order valence-corrected chi connectivity index (χ1v) is 3.76. The molecule has 0 aliphatic heterocycles. The first-order valence-electron chi connectivity index (χ1n) is 3.76. The van der Waals surface area contributed by atoms with Crippen molar-refractivity contribution in [2.75, 3.05) is 0 Å². The molecule has 13 heavy (non-hydrogen) atoms. The number of benzene rings is 1. The van der Waals surface area contributed by atoms with Gasteiger partial charge in [0, 0.05) is 0 Å². The van der Waals surface area contributed by atoms with E-state index in [0.717, 1.165) is 5.56 Å². The zero-order valence-electron chi connectivity index (χ0n) is 6.94. The number of hydrogen-bond donors (Lipinski definition) is 0. The molecule has 1 aromatic carbocycles. The third-order valence-corrected chi connectivity index (χ3v) is 1.68. The third-order valence-electron chi connectivity index (χ3n) is 1.68. The fourth-order valence-electron chi connectivity index (χ4n) is 0.965. The molecule has 0 aromatic heterocycles. The van der Waals surface area contributed by atoms with Crippen molar-refractivity contribution in [2.45, 2.75) is 0 Å². The van der Waals surface area contributed by atoms with E-state index >= 15 is 0 Å². The quantitative estimate of drug-likeness (QED) is 0.677. The van der Waals surface area contributed by atoms with E-state index in [-0.39, 0.29) is 0 Å². The lowest BCUT2D eigenvalue weighted by Gasteiger charge is -2.03. The van der Waals surface area contributed by atoms with Crippen molar-refractivity contribution in [2.24, 2.45) is 5.92 Å². The Morgan fingerprint density at radius 1 is 1.15 bits per heavy atom. The summed E-state index contributed by atoms with van der Waals surface area (Å²) in [5, 5.41) is 17.2. The molecule has 0 N–H and O–H groups in total. The standard InChI is InChI=1S/C11H7N2/c1-9(11(7-12)8-13)10-5-3-2-4-6-10/h1-6,11H. The Hall–Kier alpha value is -2.06. The van der Waals surface area contributed by atoms with Gasteiger partial charge in [-0.05, 0) is 11.1 Å². The highest BCUT2D eigenvalue weighted by Crippen LogP contribution is 2.19. The Morgan fingerprint density at radius 3 is 2.15 bits per heavy atom. The number of rotatable bonds is 2. The number of nitriles is 2. The van der Waals surface area contributed by atoms with Crippen LogP contribution in [0, 0.1) is 35.2 Å². The van der Waals surface area contributed by atoms with Crippen LogP contribution in [0.5, 0.6) is 0 Å². The Morgan fingerprint density at radius 2 is 1.69 bits per heavy atom. The van der Waals surface area contributed by atoms with Gasteiger partial charge >= 0.3 is 0 Å². The van der Waals surface area contributed by atoms with Crippen LogP contribution in [0.4, 0.5) is 0 Å². The minimum atomic E-state index is -0.859. The second kappa shape index (κ2) is 4.09. The van der Waals surface area contributed by atoms with Crippen LogP contribution in [0.25, 0.3) is 5.57 Å². The molecule has 1 aromatic rings. The molecule has 0 aliphatic rings. The van der Waals surface area contributed by atoms with Gasteiger partial charge in [-0.1, -0.05) is 36.9 Å². The minimum absolute atomic E-state index is 0.311. The van der Waals surface area contributed by atoms with Crippen LogP contribution in [0.15, 0.2) is 30.3 Å². The van der Waals surface area contributed by atoms with Crippen molar-refractivity contribution >= 4 is 5.57 Å². The highest BCUT2D eigenvalue weighted by molar-refractivity contribution is 5.68. The van der Waals surface area contributed by atoms with Crippen LogP contribution in [-0.4, -0.2) is 0 Å². The fraction of sp³-hybridized carbons (Fsp3) is 0.0909. The summed E-state index contributed by atoms with van der Waals surface area (Å²) in [6.07, 6.45) is 0. The zero-order chi connectivity index (χ0) is 9.68. The van der Waals surface area contributed by atoms with Crippen molar-refractivity contribution < 1.29 is 0 Å². The predicted octanol–water partition coefficient (Wildman–Crippen LogP) is 2.17. The van der Waals surface area contributed by atoms with Crippen LogP contribution in [0.3, 0.4) is 0 Å². The first-order chi connectivity index (χ1) is 6.29.